The SMILES string of the molecule is Cc1c(COC(=O)CN(C)S(=O)(=O)c2ccccc2)oc2ccccc12. The number of fused-ring (bicyclic) bond motifs is 1. The minimum atomic E-state index is -3.74. The minimum Gasteiger partial charge on any atom is -0.457 e. The number of sulfonamides is 1. The molecule has 136 valence electrons. The molecule has 3 aromatic rings. The largest absolute Gasteiger partial charge is 0.457 e. The van der Waals surface area contributed by atoms with Crippen molar-refractivity contribution < 1.29 is 22.4 Å². The molecular weight excluding hydrogens is 354 g/mol. The van der Waals surface area contributed by atoms with E-state index in [-0.39, 0.29) is 18.0 Å². The predicted octanol–water partition coefficient (Wildman–Crippen LogP) is 3.11. The lowest BCUT2D eigenvalue weighted by molar-refractivity contribution is -0.145. The van der Waals surface area contributed by atoms with Crippen LogP contribution >= 0.6 is 0 Å². The summed E-state index contributed by atoms with van der Waals surface area (Å²) >= 11 is 0. The standard InChI is InChI=1S/C19H19NO5S/c1-14-16-10-6-7-11-17(16)25-18(14)13-24-19(21)12-20(2)26(22,23)15-8-4-3-5-9-15/h3-11H,12-13H2,1-2H3. The zero-order valence-corrected chi connectivity index (χ0v) is 15.3. The third-order valence-electron chi connectivity index (χ3n) is 4.11. The van der Waals surface area contributed by atoms with Crippen LogP contribution in [-0.4, -0.2) is 32.3 Å². The first-order valence-electron chi connectivity index (χ1n) is 8.03. The van der Waals surface area contributed by atoms with Gasteiger partial charge < -0.3 is 9.15 Å². The predicted molar refractivity (Wildman–Crippen MR) is 97.0 cm³/mol. The van der Waals surface area contributed by atoms with Gasteiger partial charge in [-0.3, -0.25) is 4.79 Å². The fraction of sp³-hybridized carbons (Fsp3) is 0.211. The highest BCUT2D eigenvalue weighted by atomic mass is 32.2. The van der Waals surface area contributed by atoms with Crippen molar-refractivity contribution in [1.29, 1.82) is 0 Å². The van der Waals surface area contributed by atoms with E-state index in [4.69, 9.17) is 9.15 Å². The summed E-state index contributed by atoms with van der Waals surface area (Å²) in [6, 6.07) is 15.5. The van der Waals surface area contributed by atoms with Crippen molar-refractivity contribution in [3.63, 3.8) is 0 Å². The fourth-order valence-corrected chi connectivity index (χ4v) is 3.73. The molecular formula is C19H19NO5S. The molecule has 0 unspecified atom stereocenters. The topological polar surface area (TPSA) is 76.8 Å². The highest BCUT2D eigenvalue weighted by Gasteiger charge is 2.23. The Morgan fingerprint density at radius 3 is 2.42 bits per heavy atom. The average molecular weight is 373 g/mol. The molecule has 0 atom stereocenters. The van der Waals surface area contributed by atoms with Gasteiger partial charge in [0.05, 0.1) is 4.90 Å². The van der Waals surface area contributed by atoms with Gasteiger partial charge in [0.15, 0.2) is 0 Å². The molecule has 3 rings (SSSR count). The molecule has 0 aliphatic carbocycles. The van der Waals surface area contributed by atoms with Crippen molar-refractivity contribution in [3.05, 3.63) is 65.9 Å². The van der Waals surface area contributed by atoms with E-state index < -0.39 is 16.0 Å². The van der Waals surface area contributed by atoms with E-state index in [2.05, 4.69) is 0 Å². The summed E-state index contributed by atoms with van der Waals surface area (Å²) in [5.74, 6) is -0.0972. The van der Waals surface area contributed by atoms with Crippen LogP contribution in [0.3, 0.4) is 0 Å². The Morgan fingerprint density at radius 2 is 1.73 bits per heavy atom. The van der Waals surface area contributed by atoms with Gasteiger partial charge >= 0.3 is 5.97 Å². The zero-order chi connectivity index (χ0) is 18.7. The quantitative estimate of drug-likeness (QED) is 0.621. The maximum absolute atomic E-state index is 12.4. The number of benzene rings is 2. The molecule has 1 aromatic heterocycles. The van der Waals surface area contributed by atoms with Crippen LogP contribution in [0.25, 0.3) is 11.0 Å². The third-order valence-corrected chi connectivity index (χ3v) is 5.93. The van der Waals surface area contributed by atoms with E-state index in [1.807, 2.05) is 31.2 Å². The molecule has 0 aliphatic heterocycles. The van der Waals surface area contributed by atoms with Gasteiger partial charge in [-0.25, -0.2) is 8.42 Å². The molecule has 1 heterocycles. The second kappa shape index (κ2) is 7.31. The average Bonchev–Trinajstić information content (AvgIpc) is 2.97. The maximum atomic E-state index is 12.4. The maximum Gasteiger partial charge on any atom is 0.321 e. The summed E-state index contributed by atoms with van der Waals surface area (Å²) in [6.45, 7) is 1.47. The Kier molecular flexibility index (Phi) is 5.11. The van der Waals surface area contributed by atoms with Gasteiger partial charge in [0.2, 0.25) is 10.0 Å². The number of likely N-dealkylation sites (N-methyl/N-ethyl adjacent to an activating group) is 1. The molecule has 0 fully saturated rings. The van der Waals surface area contributed by atoms with Gasteiger partial charge in [-0.15, -0.1) is 0 Å². The molecule has 0 saturated heterocycles. The van der Waals surface area contributed by atoms with Crippen LogP contribution in [0.1, 0.15) is 11.3 Å². The molecule has 0 aliphatic rings. The van der Waals surface area contributed by atoms with Crippen LogP contribution in [0, 0.1) is 6.92 Å². The Labute approximate surface area is 152 Å². The molecule has 0 saturated carbocycles. The molecule has 0 spiro atoms. The van der Waals surface area contributed by atoms with Gasteiger partial charge in [0.25, 0.3) is 0 Å². The van der Waals surface area contributed by atoms with Gasteiger partial charge in [0, 0.05) is 18.0 Å². The molecule has 0 radical (unpaired) electrons. The summed E-state index contributed by atoms with van der Waals surface area (Å²) in [4.78, 5) is 12.2. The molecule has 0 amide bonds. The highest BCUT2D eigenvalue weighted by molar-refractivity contribution is 7.89. The number of hydrogen-bond donors (Lipinski definition) is 0. The second-order valence-corrected chi connectivity index (χ2v) is 7.93. The van der Waals surface area contributed by atoms with Gasteiger partial charge in [-0.1, -0.05) is 36.4 Å². The van der Waals surface area contributed by atoms with Crippen LogP contribution in [0.2, 0.25) is 0 Å². The number of furan rings is 1. The number of hydrogen-bond acceptors (Lipinski definition) is 5. The first-order valence-corrected chi connectivity index (χ1v) is 9.47. The molecule has 26 heavy (non-hydrogen) atoms. The molecule has 6 nitrogen and oxygen atoms in total. The van der Waals surface area contributed by atoms with Crippen molar-refractivity contribution in [2.75, 3.05) is 13.6 Å². The summed E-state index contributed by atoms with van der Waals surface area (Å²) < 4.78 is 36.7. The third kappa shape index (κ3) is 3.63. The number of para-hydroxylation sites is 1. The van der Waals surface area contributed by atoms with Crippen molar-refractivity contribution in [1.82, 2.24) is 4.31 Å². The summed E-state index contributed by atoms with van der Waals surface area (Å²) in [7, 11) is -2.39. The van der Waals surface area contributed by atoms with Crippen LogP contribution < -0.4 is 0 Å². The molecule has 0 bridgehead atoms. The van der Waals surface area contributed by atoms with E-state index in [1.54, 1.807) is 18.2 Å². The van der Waals surface area contributed by atoms with E-state index >= 15 is 0 Å². The second-order valence-electron chi connectivity index (χ2n) is 5.88. The zero-order valence-electron chi connectivity index (χ0n) is 14.5. The van der Waals surface area contributed by atoms with Crippen LogP contribution in [-0.2, 0) is 26.2 Å². The highest BCUT2D eigenvalue weighted by Crippen LogP contribution is 2.25. The summed E-state index contributed by atoms with van der Waals surface area (Å²) in [6.07, 6.45) is 0. The number of carbonyl (C=O) groups is 1. The monoisotopic (exact) mass is 373 g/mol. The molecule has 0 N–H and O–H groups in total. The minimum absolute atomic E-state index is 0.0431. The normalized spacial score (nSPS) is 11.8. The van der Waals surface area contributed by atoms with E-state index in [1.165, 1.54) is 19.2 Å². The number of rotatable bonds is 6. The Hall–Kier alpha value is -2.64. The van der Waals surface area contributed by atoms with Crippen molar-refractivity contribution in [3.8, 4) is 0 Å². The lowest BCUT2D eigenvalue weighted by atomic mass is 10.1. The summed E-state index contributed by atoms with van der Waals surface area (Å²) in [5.41, 5.74) is 1.62. The summed E-state index contributed by atoms with van der Waals surface area (Å²) in [5, 5.41) is 0.960. The van der Waals surface area contributed by atoms with E-state index in [9.17, 15) is 13.2 Å². The van der Waals surface area contributed by atoms with Gasteiger partial charge in [-0.2, -0.15) is 4.31 Å². The Bertz CT molecular complexity index is 1020. The van der Waals surface area contributed by atoms with E-state index in [0.29, 0.717) is 5.76 Å². The van der Waals surface area contributed by atoms with Crippen molar-refractivity contribution in [2.24, 2.45) is 0 Å². The van der Waals surface area contributed by atoms with Gasteiger partial charge in [0.1, 0.15) is 24.5 Å². The first-order chi connectivity index (χ1) is 12.4. The fourth-order valence-electron chi connectivity index (χ4n) is 2.59. The Morgan fingerprint density at radius 1 is 1.08 bits per heavy atom. The smallest absolute Gasteiger partial charge is 0.321 e. The first kappa shape index (κ1) is 18.2. The van der Waals surface area contributed by atoms with Gasteiger partial charge in [-0.05, 0) is 25.1 Å². The van der Waals surface area contributed by atoms with Crippen LogP contribution in [0.5, 0.6) is 0 Å². The number of ether oxygens (including phenoxy) is 1. The lowest BCUT2D eigenvalue weighted by Crippen LogP contribution is -2.33. The van der Waals surface area contributed by atoms with Crippen LogP contribution in [0.15, 0.2) is 63.9 Å². The molecule has 2 aromatic carbocycles. The van der Waals surface area contributed by atoms with Crippen molar-refractivity contribution >= 4 is 27.0 Å². The van der Waals surface area contributed by atoms with Crippen molar-refractivity contribution in [2.45, 2.75) is 18.4 Å². The number of carbonyl (C=O) groups excluding carboxylic acids is 1. The van der Waals surface area contributed by atoms with E-state index in [0.717, 1.165) is 20.8 Å². The number of esters is 1. The van der Waals surface area contributed by atoms with Crippen LogP contribution in [0.4, 0.5) is 0 Å². The Balaban J connectivity index is 1.64. The number of nitrogens with zero attached hydrogens (tertiary/aromatic N) is 1. The molecule has 7 heteroatoms. The number of aryl methyl sites for hydroxylation is 1. The lowest BCUT2D eigenvalue weighted by Gasteiger charge is -2.16.